The number of anilines is 1. The first kappa shape index (κ1) is 17.5. The van der Waals surface area contributed by atoms with E-state index in [1.54, 1.807) is 6.92 Å². The van der Waals surface area contributed by atoms with Gasteiger partial charge in [0.05, 0.1) is 18.1 Å². The second kappa shape index (κ2) is 7.12. The van der Waals surface area contributed by atoms with Crippen LogP contribution in [0.25, 0.3) is 0 Å². The topological polar surface area (TPSA) is 81.7 Å². The van der Waals surface area contributed by atoms with Crippen molar-refractivity contribution in [3.05, 3.63) is 16.0 Å². The molecule has 2 atom stereocenters. The molecular weight excluding hydrogens is 318 g/mol. The average molecular weight is 339 g/mol. The van der Waals surface area contributed by atoms with Crippen molar-refractivity contribution in [2.24, 2.45) is 11.8 Å². The second-order valence-electron chi connectivity index (χ2n) is 5.68. The third-order valence-corrected chi connectivity index (χ3v) is 5.00. The van der Waals surface area contributed by atoms with E-state index in [9.17, 15) is 14.4 Å². The van der Waals surface area contributed by atoms with E-state index in [1.807, 2.05) is 20.8 Å². The molecule has 1 aliphatic rings. The summed E-state index contributed by atoms with van der Waals surface area (Å²) in [7, 11) is 0. The number of rotatable bonds is 6. The van der Waals surface area contributed by atoms with E-state index in [0.717, 1.165) is 16.9 Å². The molecule has 7 heteroatoms. The first-order valence-corrected chi connectivity index (χ1v) is 8.40. The van der Waals surface area contributed by atoms with Crippen molar-refractivity contribution >= 4 is 34.2 Å². The number of carbonyl (C=O) groups excluding carboxylic acids is 3. The fraction of sp³-hybridized carbons (Fsp3) is 0.562. The lowest BCUT2D eigenvalue weighted by molar-refractivity contribution is -0.148. The molecule has 1 saturated carbocycles. The highest BCUT2D eigenvalue weighted by molar-refractivity contribution is 7.16. The zero-order chi connectivity index (χ0) is 17.1. The molecule has 1 amide bonds. The Balaban J connectivity index is 1.98. The molecule has 6 nitrogen and oxygen atoms in total. The number of aryl methyl sites for hydroxylation is 1. The van der Waals surface area contributed by atoms with Gasteiger partial charge < -0.3 is 14.8 Å². The number of hydrogen-bond acceptors (Lipinski definition) is 6. The number of hydrogen-bond donors (Lipinski definition) is 1. The van der Waals surface area contributed by atoms with Crippen LogP contribution in [0.3, 0.4) is 0 Å². The summed E-state index contributed by atoms with van der Waals surface area (Å²) in [6, 6.07) is 0. The van der Waals surface area contributed by atoms with Crippen LogP contribution in [-0.4, -0.2) is 31.1 Å². The van der Waals surface area contributed by atoms with Gasteiger partial charge >= 0.3 is 11.9 Å². The molecule has 2 rings (SSSR count). The van der Waals surface area contributed by atoms with Crippen molar-refractivity contribution in [3.8, 4) is 0 Å². The molecule has 126 valence electrons. The molecule has 0 bridgehead atoms. The van der Waals surface area contributed by atoms with Crippen LogP contribution < -0.4 is 5.32 Å². The molecule has 1 aromatic rings. The number of esters is 2. The summed E-state index contributed by atoms with van der Waals surface area (Å²) in [6.07, 6.45) is 0.816. The fourth-order valence-electron chi connectivity index (χ4n) is 2.22. The molecule has 1 aliphatic carbocycles. The first-order valence-electron chi connectivity index (χ1n) is 7.58. The van der Waals surface area contributed by atoms with Crippen molar-refractivity contribution < 1.29 is 23.9 Å². The zero-order valence-corrected chi connectivity index (χ0v) is 14.5. The van der Waals surface area contributed by atoms with E-state index >= 15 is 0 Å². The van der Waals surface area contributed by atoms with Gasteiger partial charge in [0, 0.05) is 4.88 Å². The Hall–Kier alpha value is -1.89. The Bertz CT molecular complexity index is 637. The maximum Gasteiger partial charge on any atom is 0.341 e. The lowest BCUT2D eigenvalue weighted by Crippen LogP contribution is -2.22. The van der Waals surface area contributed by atoms with Crippen LogP contribution in [0.1, 0.15) is 41.1 Å². The normalized spacial score (nSPS) is 19.1. The summed E-state index contributed by atoms with van der Waals surface area (Å²) in [5, 5.41) is 3.07. The summed E-state index contributed by atoms with van der Waals surface area (Å²) in [5.41, 5.74) is 1.15. The highest BCUT2D eigenvalue weighted by atomic mass is 32.1. The minimum absolute atomic E-state index is 0.0795. The van der Waals surface area contributed by atoms with Gasteiger partial charge in [-0.15, -0.1) is 11.3 Å². The predicted octanol–water partition coefficient (Wildman–Crippen LogP) is 2.68. The standard InChI is InChI=1S/C16H21NO5S/c1-5-21-16(20)13-9(3)10(4)23-14(13)17-12(18)7-22-15(19)11-6-8(11)2/h8,11H,5-7H2,1-4H3,(H,17,18)/t8-,11-/m1/s1. The number of ether oxygens (including phenoxy) is 2. The summed E-state index contributed by atoms with van der Waals surface area (Å²) in [6.45, 7) is 7.28. The summed E-state index contributed by atoms with van der Waals surface area (Å²) >= 11 is 1.30. The first-order chi connectivity index (χ1) is 10.8. The lowest BCUT2D eigenvalue weighted by Gasteiger charge is -2.07. The molecule has 0 aliphatic heterocycles. The second-order valence-corrected chi connectivity index (χ2v) is 6.91. The van der Waals surface area contributed by atoms with Gasteiger partial charge in [-0.1, -0.05) is 6.92 Å². The highest BCUT2D eigenvalue weighted by Gasteiger charge is 2.40. The van der Waals surface area contributed by atoms with Crippen LogP contribution in [0.2, 0.25) is 0 Å². The van der Waals surface area contributed by atoms with Crippen molar-refractivity contribution in [2.75, 3.05) is 18.5 Å². The van der Waals surface area contributed by atoms with Crippen molar-refractivity contribution in [1.82, 2.24) is 0 Å². The van der Waals surface area contributed by atoms with Gasteiger partial charge in [-0.25, -0.2) is 4.79 Å². The van der Waals surface area contributed by atoms with Crippen LogP contribution >= 0.6 is 11.3 Å². The van der Waals surface area contributed by atoms with E-state index in [2.05, 4.69) is 5.32 Å². The molecule has 0 unspecified atom stereocenters. The monoisotopic (exact) mass is 339 g/mol. The minimum Gasteiger partial charge on any atom is -0.462 e. The molecule has 0 radical (unpaired) electrons. The Morgan fingerprint density at radius 2 is 1.91 bits per heavy atom. The van der Waals surface area contributed by atoms with Crippen LogP contribution in [0.15, 0.2) is 0 Å². The Morgan fingerprint density at radius 1 is 1.26 bits per heavy atom. The maximum absolute atomic E-state index is 12.0. The summed E-state index contributed by atoms with van der Waals surface area (Å²) in [4.78, 5) is 36.5. The van der Waals surface area contributed by atoms with Gasteiger partial charge in [0.25, 0.3) is 5.91 Å². The number of thiophene rings is 1. The molecule has 1 N–H and O–H groups in total. The van der Waals surface area contributed by atoms with Gasteiger partial charge in [0.2, 0.25) is 0 Å². The van der Waals surface area contributed by atoms with E-state index in [4.69, 9.17) is 9.47 Å². The van der Waals surface area contributed by atoms with E-state index in [0.29, 0.717) is 16.5 Å². The van der Waals surface area contributed by atoms with Crippen molar-refractivity contribution in [1.29, 1.82) is 0 Å². The predicted molar refractivity (Wildman–Crippen MR) is 86.6 cm³/mol. The molecule has 1 aromatic heterocycles. The van der Waals surface area contributed by atoms with Crippen LogP contribution in [0.4, 0.5) is 5.00 Å². The third kappa shape index (κ3) is 4.10. The molecular formula is C16H21NO5S. The summed E-state index contributed by atoms with van der Waals surface area (Å²) in [5.74, 6) is -1.00. The average Bonchev–Trinajstić information content (AvgIpc) is 3.15. The van der Waals surface area contributed by atoms with Crippen LogP contribution in [0, 0.1) is 25.7 Å². The van der Waals surface area contributed by atoms with Gasteiger partial charge in [0.1, 0.15) is 5.00 Å². The lowest BCUT2D eigenvalue weighted by atomic mass is 10.1. The Labute approximate surface area is 139 Å². The number of carbonyl (C=O) groups is 3. The number of nitrogens with one attached hydrogen (secondary N) is 1. The van der Waals surface area contributed by atoms with Crippen molar-refractivity contribution in [3.63, 3.8) is 0 Å². The van der Waals surface area contributed by atoms with Crippen LogP contribution in [0.5, 0.6) is 0 Å². The fourth-order valence-corrected chi connectivity index (χ4v) is 3.29. The van der Waals surface area contributed by atoms with Crippen molar-refractivity contribution in [2.45, 2.75) is 34.1 Å². The zero-order valence-electron chi connectivity index (χ0n) is 13.7. The maximum atomic E-state index is 12.0. The van der Waals surface area contributed by atoms with Gasteiger partial charge in [-0.2, -0.15) is 0 Å². The highest BCUT2D eigenvalue weighted by Crippen LogP contribution is 2.38. The molecule has 0 spiro atoms. The molecule has 0 saturated heterocycles. The quantitative estimate of drug-likeness (QED) is 0.806. The Morgan fingerprint density at radius 3 is 2.48 bits per heavy atom. The van der Waals surface area contributed by atoms with Gasteiger partial charge in [-0.3, -0.25) is 9.59 Å². The Kier molecular flexibility index (Phi) is 5.41. The SMILES string of the molecule is CCOC(=O)c1c(NC(=O)COC(=O)[C@@H]2C[C@H]2C)sc(C)c1C. The molecule has 1 fully saturated rings. The van der Waals surface area contributed by atoms with E-state index < -0.39 is 11.9 Å². The third-order valence-electron chi connectivity index (χ3n) is 3.88. The molecule has 0 aromatic carbocycles. The van der Waals surface area contributed by atoms with E-state index in [1.165, 1.54) is 11.3 Å². The minimum atomic E-state index is -0.464. The van der Waals surface area contributed by atoms with Gasteiger partial charge in [-0.05, 0) is 38.7 Å². The van der Waals surface area contributed by atoms with Gasteiger partial charge in [0.15, 0.2) is 6.61 Å². The van der Waals surface area contributed by atoms with Crippen LogP contribution in [-0.2, 0) is 19.1 Å². The largest absolute Gasteiger partial charge is 0.462 e. The smallest absolute Gasteiger partial charge is 0.341 e. The molecule has 1 heterocycles. The summed E-state index contributed by atoms with van der Waals surface area (Å²) < 4.78 is 10.0. The molecule has 23 heavy (non-hydrogen) atoms. The number of amides is 1. The van der Waals surface area contributed by atoms with E-state index in [-0.39, 0.29) is 25.1 Å².